The van der Waals surface area contributed by atoms with E-state index in [0.717, 1.165) is 0 Å². The van der Waals surface area contributed by atoms with E-state index in [9.17, 15) is 8.42 Å². The van der Waals surface area contributed by atoms with E-state index in [1.807, 2.05) is 0 Å². The molecule has 1 aromatic heterocycles. The fraction of sp³-hybridized carbons (Fsp3) is 0.500. The predicted octanol–water partition coefficient (Wildman–Crippen LogP) is -0.598. The number of sulfonamides is 1. The number of nitrogens with zero attached hydrogens (tertiary/aromatic N) is 2. The van der Waals surface area contributed by atoms with Gasteiger partial charge in [-0.25, -0.2) is 19.2 Å². The minimum Gasteiger partial charge on any atom is -0.394 e. The van der Waals surface area contributed by atoms with Crippen LogP contribution in [0.4, 0.5) is 5.82 Å². The number of pyridine rings is 1. The van der Waals surface area contributed by atoms with Gasteiger partial charge in [-0.15, -0.1) is 0 Å². The molecule has 1 fully saturated rings. The molecule has 0 radical (unpaired) electrons. The summed E-state index contributed by atoms with van der Waals surface area (Å²) in [5.74, 6) is 5.38. The van der Waals surface area contributed by atoms with Crippen molar-refractivity contribution in [1.82, 2.24) is 9.29 Å². The summed E-state index contributed by atoms with van der Waals surface area (Å²) in [7, 11) is -3.73. The van der Waals surface area contributed by atoms with Crippen LogP contribution in [-0.4, -0.2) is 55.2 Å². The Hall–Kier alpha value is -0.970. The van der Waals surface area contributed by atoms with Gasteiger partial charge < -0.3 is 15.3 Å². The van der Waals surface area contributed by atoms with Crippen LogP contribution in [0.5, 0.6) is 0 Å². The van der Waals surface area contributed by atoms with Crippen LogP contribution in [0.1, 0.15) is 0 Å². The molecule has 1 aliphatic rings. The second kappa shape index (κ2) is 6.20. The fourth-order valence-electron chi connectivity index (χ4n) is 1.84. The van der Waals surface area contributed by atoms with Crippen LogP contribution < -0.4 is 11.3 Å². The van der Waals surface area contributed by atoms with E-state index in [4.69, 9.17) is 27.3 Å². The largest absolute Gasteiger partial charge is 0.394 e. The van der Waals surface area contributed by atoms with Crippen molar-refractivity contribution in [1.29, 1.82) is 0 Å². The molecule has 10 heteroatoms. The first kappa shape index (κ1) is 15.4. The average Bonchev–Trinajstić information content (AvgIpc) is 2.47. The Labute approximate surface area is 121 Å². The zero-order chi connectivity index (χ0) is 14.8. The molecule has 1 saturated heterocycles. The molecule has 1 aliphatic heterocycles. The smallest absolute Gasteiger partial charge is 0.244 e. The summed E-state index contributed by atoms with van der Waals surface area (Å²) in [4.78, 5) is 3.81. The van der Waals surface area contributed by atoms with E-state index in [0.29, 0.717) is 0 Å². The fourth-order valence-corrected chi connectivity index (χ4v) is 3.55. The number of morpholine rings is 1. The number of nitrogen functional groups attached to an aromatic ring is 1. The Kier molecular flexibility index (Phi) is 4.78. The standard InChI is InChI=1S/C10H15ClN4O4S/c11-9-3-8(4-13-10(9)14-12)20(17,18)15-1-2-19-7(5-15)6-16/h3-4,7,16H,1-2,5-6,12H2,(H,13,14). The third-order valence-corrected chi connectivity index (χ3v) is 5.01. The molecule has 0 amide bonds. The number of aliphatic hydroxyl groups is 1. The molecule has 0 spiro atoms. The van der Waals surface area contributed by atoms with Crippen LogP contribution >= 0.6 is 11.6 Å². The van der Waals surface area contributed by atoms with Crippen LogP contribution in [0.2, 0.25) is 5.02 Å². The van der Waals surface area contributed by atoms with Crippen molar-refractivity contribution in [3.63, 3.8) is 0 Å². The Morgan fingerprint density at radius 1 is 1.65 bits per heavy atom. The van der Waals surface area contributed by atoms with Crippen molar-refractivity contribution in [2.45, 2.75) is 11.0 Å². The summed E-state index contributed by atoms with van der Waals surface area (Å²) in [5, 5.41) is 9.17. The van der Waals surface area contributed by atoms with Crippen molar-refractivity contribution in [2.75, 3.05) is 31.7 Å². The van der Waals surface area contributed by atoms with Gasteiger partial charge in [-0.2, -0.15) is 4.31 Å². The molecular formula is C10H15ClN4O4S. The number of halogens is 1. The molecule has 1 aromatic rings. The van der Waals surface area contributed by atoms with Gasteiger partial charge in [0.05, 0.1) is 24.3 Å². The Balaban J connectivity index is 2.28. The first-order chi connectivity index (χ1) is 9.48. The number of nitrogens with two attached hydrogens (primary N) is 1. The number of anilines is 1. The van der Waals surface area contributed by atoms with E-state index in [2.05, 4.69) is 10.4 Å². The molecular weight excluding hydrogens is 308 g/mol. The molecule has 4 N–H and O–H groups in total. The Morgan fingerprint density at radius 2 is 2.40 bits per heavy atom. The summed E-state index contributed by atoms with van der Waals surface area (Å²) in [6.07, 6.45) is 0.659. The monoisotopic (exact) mass is 322 g/mol. The number of hydrogen-bond donors (Lipinski definition) is 3. The SMILES string of the molecule is NNc1ncc(S(=O)(=O)N2CCOC(CO)C2)cc1Cl. The number of aromatic nitrogens is 1. The van der Waals surface area contributed by atoms with Crippen molar-refractivity contribution in [3.05, 3.63) is 17.3 Å². The van der Waals surface area contributed by atoms with Gasteiger partial charge in [0.25, 0.3) is 0 Å². The summed E-state index contributed by atoms with van der Waals surface area (Å²) in [6.45, 7) is 0.301. The lowest BCUT2D eigenvalue weighted by Gasteiger charge is -2.31. The second-order valence-electron chi connectivity index (χ2n) is 4.18. The van der Waals surface area contributed by atoms with E-state index >= 15 is 0 Å². The van der Waals surface area contributed by atoms with Crippen LogP contribution in [-0.2, 0) is 14.8 Å². The summed E-state index contributed by atoms with van der Waals surface area (Å²) in [6, 6.07) is 1.28. The quantitative estimate of drug-likeness (QED) is 0.500. The van der Waals surface area contributed by atoms with Gasteiger partial charge in [-0.3, -0.25) is 0 Å². The lowest BCUT2D eigenvalue weighted by Crippen LogP contribution is -2.46. The highest BCUT2D eigenvalue weighted by molar-refractivity contribution is 7.89. The zero-order valence-electron chi connectivity index (χ0n) is 10.5. The number of nitrogens with one attached hydrogen (secondary N) is 1. The lowest BCUT2D eigenvalue weighted by atomic mass is 10.3. The second-order valence-corrected chi connectivity index (χ2v) is 6.53. The summed E-state index contributed by atoms with van der Waals surface area (Å²) < 4.78 is 31.3. The van der Waals surface area contributed by atoms with E-state index in [-0.39, 0.29) is 42.0 Å². The average molecular weight is 323 g/mol. The maximum absolute atomic E-state index is 12.4. The van der Waals surface area contributed by atoms with Crippen LogP contribution in [0.25, 0.3) is 0 Å². The minimum atomic E-state index is -3.73. The number of rotatable bonds is 4. The molecule has 112 valence electrons. The Morgan fingerprint density at radius 3 is 3.00 bits per heavy atom. The van der Waals surface area contributed by atoms with E-state index in [1.54, 1.807) is 0 Å². The third-order valence-electron chi connectivity index (χ3n) is 2.90. The first-order valence-electron chi connectivity index (χ1n) is 5.84. The van der Waals surface area contributed by atoms with Crippen LogP contribution in [0, 0.1) is 0 Å². The predicted molar refractivity (Wildman–Crippen MR) is 72.6 cm³/mol. The van der Waals surface area contributed by atoms with Gasteiger partial charge in [-0.1, -0.05) is 11.6 Å². The lowest BCUT2D eigenvalue weighted by molar-refractivity contribution is -0.0304. The van der Waals surface area contributed by atoms with Crippen molar-refractivity contribution >= 4 is 27.4 Å². The summed E-state index contributed by atoms with van der Waals surface area (Å²) in [5.41, 5.74) is 2.27. The summed E-state index contributed by atoms with van der Waals surface area (Å²) >= 11 is 5.88. The highest BCUT2D eigenvalue weighted by Crippen LogP contribution is 2.24. The molecule has 0 aromatic carbocycles. The number of hydrazine groups is 1. The normalized spacial score (nSPS) is 20.9. The molecule has 8 nitrogen and oxygen atoms in total. The highest BCUT2D eigenvalue weighted by Gasteiger charge is 2.31. The van der Waals surface area contributed by atoms with Crippen molar-refractivity contribution < 1.29 is 18.3 Å². The van der Waals surface area contributed by atoms with Crippen LogP contribution in [0.15, 0.2) is 17.2 Å². The molecule has 1 atom stereocenters. The van der Waals surface area contributed by atoms with E-state index < -0.39 is 16.1 Å². The highest BCUT2D eigenvalue weighted by atomic mass is 35.5. The maximum Gasteiger partial charge on any atom is 0.244 e. The van der Waals surface area contributed by atoms with Gasteiger partial charge in [0.15, 0.2) is 5.82 Å². The Bertz CT molecular complexity index is 583. The number of hydrogen-bond acceptors (Lipinski definition) is 7. The van der Waals surface area contributed by atoms with Gasteiger partial charge in [-0.05, 0) is 6.07 Å². The molecule has 2 heterocycles. The van der Waals surface area contributed by atoms with Gasteiger partial charge in [0.2, 0.25) is 10.0 Å². The number of aliphatic hydroxyl groups excluding tert-OH is 1. The topological polar surface area (TPSA) is 118 Å². The molecule has 0 saturated carbocycles. The minimum absolute atomic E-state index is 0.0277. The van der Waals surface area contributed by atoms with Gasteiger partial charge in [0.1, 0.15) is 4.90 Å². The zero-order valence-corrected chi connectivity index (χ0v) is 12.1. The first-order valence-corrected chi connectivity index (χ1v) is 7.65. The number of ether oxygens (including phenoxy) is 1. The third kappa shape index (κ3) is 3.03. The van der Waals surface area contributed by atoms with E-state index in [1.165, 1.54) is 16.6 Å². The molecule has 0 bridgehead atoms. The molecule has 2 rings (SSSR count). The maximum atomic E-state index is 12.4. The van der Waals surface area contributed by atoms with Crippen molar-refractivity contribution in [3.8, 4) is 0 Å². The molecule has 20 heavy (non-hydrogen) atoms. The van der Waals surface area contributed by atoms with Crippen LogP contribution in [0.3, 0.4) is 0 Å². The molecule has 0 aliphatic carbocycles. The molecule has 1 unspecified atom stereocenters. The van der Waals surface area contributed by atoms with Gasteiger partial charge >= 0.3 is 0 Å². The van der Waals surface area contributed by atoms with Gasteiger partial charge in [0, 0.05) is 19.3 Å². The van der Waals surface area contributed by atoms with Crippen molar-refractivity contribution in [2.24, 2.45) is 5.84 Å².